The van der Waals surface area contributed by atoms with Gasteiger partial charge in [0.2, 0.25) is 0 Å². The molecule has 0 fully saturated rings. The minimum absolute atomic E-state index is 0.271. The van der Waals surface area contributed by atoms with Gasteiger partial charge in [-0.3, -0.25) is 9.90 Å². The molecule has 1 aromatic heterocycles. The molecule has 0 unspecified atom stereocenters. The van der Waals surface area contributed by atoms with Crippen molar-refractivity contribution < 1.29 is 27.8 Å². The van der Waals surface area contributed by atoms with Gasteiger partial charge in [0.15, 0.2) is 11.5 Å². The molecule has 3 aromatic carbocycles. The van der Waals surface area contributed by atoms with Crippen LogP contribution < -0.4 is 4.74 Å². The summed E-state index contributed by atoms with van der Waals surface area (Å²) in [5.41, 5.74) is 1.90. The molecular weight excluding hydrogens is 431 g/mol. The standard InChI is InChI=1S/C23H14ClF3NO3/c1-13-21(22(30)14-5-7-15(24)8-6-14)19-10-9-18(31-23(25,26)27)12-20(19)28(13)16-3-2-4-17(29)11-16/h2-12H,1H3. The lowest BCUT2D eigenvalue weighted by atomic mass is 10.0. The zero-order valence-electron chi connectivity index (χ0n) is 16.0. The number of hydrogen-bond acceptors (Lipinski definition) is 2. The Kier molecular flexibility index (Phi) is 5.15. The molecule has 0 saturated carbocycles. The highest BCUT2D eigenvalue weighted by Gasteiger charge is 2.32. The second-order valence-corrected chi connectivity index (χ2v) is 7.29. The molecule has 0 aliphatic carbocycles. The third kappa shape index (κ3) is 4.09. The molecule has 0 aliphatic heterocycles. The van der Waals surface area contributed by atoms with Crippen LogP contribution in [0, 0.1) is 6.92 Å². The van der Waals surface area contributed by atoms with Gasteiger partial charge in [0, 0.05) is 39.5 Å². The summed E-state index contributed by atoms with van der Waals surface area (Å²) in [6, 6.07) is 16.0. The summed E-state index contributed by atoms with van der Waals surface area (Å²) in [5, 5.41) is 12.8. The van der Waals surface area contributed by atoms with E-state index < -0.39 is 12.1 Å². The molecule has 1 heterocycles. The first-order valence-corrected chi connectivity index (χ1v) is 9.50. The van der Waals surface area contributed by atoms with Crippen LogP contribution in [0.25, 0.3) is 16.6 Å². The number of halogens is 4. The summed E-state index contributed by atoms with van der Waals surface area (Å²) in [6.45, 7) is 1.67. The Balaban J connectivity index is 1.97. The fraction of sp³-hybridized carbons (Fsp3) is 0.0870. The van der Waals surface area contributed by atoms with E-state index in [0.717, 1.165) is 6.07 Å². The average Bonchev–Trinajstić information content (AvgIpc) is 2.98. The Hall–Kier alpha value is -3.45. The maximum atomic E-state index is 13.3. The predicted octanol–water partition coefficient (Wildman–Crippen LogP) is 6.87. The van der Waals surface area contributed by atoms with E-state index in [-0.39, 0.29) is 11.5 Å². The number of nitrogens with zero attached hydrogens (tertiary/aromatic N) is 1. The zero-order chi connectivity index (χ0) is 22.3. The van der Waals surface area contributed by atoms with E-state index in [2.05, 4.69) is 4.74 Å². The molecule has 4 rings (SSSR count). The van der Waals surface area contributed by atoms with Crippen molar-refractivity contribution in [3.63, 3.8) is 0 Å². The minimum Gasteiger partial charge on any atom is -0.406 e. The quantitative estimate of drug-likeness (QED) is 0.323. The lowest BCUT2D eigenvalue weighted by Crippen LogP contribution is -2.17. The summed E-state index contributed by atoms with van der Waals surface area (Å²) in [6.07, 6.45) is -4.86. The summed E-state index contributed by atoms with van der Waals surface area (Å²) < 4.78 is 43.9. The van der Waals surface area contributed by atoms with Crippen LogP contribution >= 0.6 is 11.6 Å². The first kappa shape index (κ1) is 20.8. The predicted molar refractivity (Wildman–Crippen MR) is 110 cm³/mol. The molecule has 4 nitrogen and oxygen atoms in total. The normalized spacial score (nSPS) is 11.6. The average molecular weight is 445 g/mol. The maximum Gasteiger partial charge on any atom is 0.573 e. The van der Waals surface area contributed by atoms with Crippen LogP contribution in [0.15, 0.2) is 66.7 Å². The van der Waals surface area contributed by atoms with E-state index in [1.807, 2.05) is 0 Å². The van der Waals surface area contributed by atoms with Gasteiger partial charge in [0.25, 0.3) is 0 Å². The first-order chi connectivity index (χ1) is 14.6. The molecule has 0 atom stereocenters. The Morgan fingerprint density at radius 3 is 2.35 bits per heavy atom. The van der Waals surface area contributed by atoms with Gasteiger partial charge >= 0.3 is 6.36 Å². The number of rotatable bonds is 4. The van der Waals surface area contributed by atoms with E-state index >= 15 is 0 Å². The molecule has 31 heavy (non-hydrogen) atoms. The van der Waals surface area contributed by atoms with Gasteiger partial charge in [0.1, 0.15) is 5.75 Å². The third-order valence-electron chi connectivity index (χ3n) is 4.82. The third-order valence-corrected chi connectivity index (χ3v) is 5.07. The van der Waals surface area contributed by atoms with Crippen molar-refractivity contribution in [3.8, 4) is 17.2 Å². The molecular formula is C23H14ClF3NO3. The summed E-state index contributed by atoms with van der Waals surface area (Å²) in [7, 11) is 0. The van der Waals surface area contributed by atoms with Gasteiger partial charge in [-0.2, -0.15) is 0 Å². The lowest BCUT2D eigenvalue weighted by molar-refractivity contribution is -0.274. The number of carbonyl (C=O) groups is 1. The van der Waals surface area contributed by atoms with Gasteiger partial charge in [-0.15, -0.1) is 13.2 Å². The fourth-order valence-electron chi connectivity index (χ4n) is 3.58. The number of alkyl halides is 3. The van der Waals surface area contributed by atoms with Crippen LogP contribution in [0.1, 0.15) is 21.6 Å². The minimum atomic E-state index is -4.86. The Morgan fingerprint density at radius 1 is 1.00 bits per heavy atom. The number of ether oxygens (including phenoxy) is 1. The van der Waals surface area contributed by atoms with E-state index in [9.17, 15) is 23.1 Å². The van der Waals surface area contributed by atoms with Crippen molar-refractivity contribution in [1.29, 1.82) is 0 Å². The van der Waals surface area contributed by atoms with Gasteiger partial charge in [-0.1, -0.05) is 17.7 Å². The molecule has 1 radical (unpaired) electrons. The Bertz CT molecular complexity index is 1290. The molecule has 0 saturated heterocycles. The molecule has 0 amide bonds. The molecule has 0 bridgehead atoms. The van der Waals surface area contributed by atoms with Crippen LogP contribution in [0.3, 0.4) is 0 Å². The SMILES string of the molecule is Cc1c(C(=O)c2ccc(Cl)cc2)c2ccc(OC(F)(F)F)cc2n1-c1cccc([O])c1. The summed E-state index contributed by atoms with van der Waals surface area (Å²) >= 11 is 5.91. The van der Waals surface area contributed by atoms with Crippen molar-refractivity contribution in [2.45, 2.75) is 13.3 Å². The van der Waals surface area contributed by atoms with Gasteiger partial charge in [-0.05, 0) is 55.5 Å². The fourth-order valence-corrected chi connectivity index (χ4v) is 3.71. The van der Waals surface area contributed by atoms with E-state index in [1.54, 1.807) is 47.9 Å². The number of fused-ring (bicyclic) bond motifs is 1. The van der Waals surface area contributed by atoms with Gasteiger partial charge in [-0.25, -0.2) is 0 Å². The Labute approximate surface area is 180 Å². The topological polar surface area (TPSA) is 51.1 Å². The smallest absolute Gasteiger partial charge is 0.406 e. The van der Waals surface area contributed by atoms with Crippen LogP contribution in [-0.2, 0) is 5.11 Å². The highest BCUT2D eigenvalue weighted by Crippen LogP contribution is 2.35. The van der Waals surface area contributed by atoms with Crippen molar-refractivity contribution in [1.82, 2.24) is 4.57 Å². The highest BCUT2D eigenvalue weighted by molar-refractivity contribution is 6.30. The van der Waals surface area contributed by atoms with Crippen LogP contribution in [0.2, 0.25) is 5.02 Å². The molecule has 0 spiro atoms. The highest BCUT2D eigenvalue weighted by atomic mass is 35.5. The summed E-state index contributed by atoms with van der Waals surface area (Å²) in [5.74, 6) is -1.02. The Morgan fingerprint density at radius 2 is 1.71 bits per heavy atom. The second kappa shape index (κ2) is 7.67. The van der Waals surface area contributed by atoms with E-state index in [4.69, 9.17) is 11.6 Å². The monoisotopic (exact) mass is 444 g/mol. The number of hydrogen-bond donors (Lipinski definition) is 0. The lowest BCUT2D eigenvalue weighted by Gasteiger charge is -2.11. The van der Waals surface area contributed by atoms with Gasteiger partial charge in [0.05, 0.1) is 11.1 Å². The van der Waals surface area contributed by atoms with Crippen molar-refractivity contribution in [3.05, 3.63) is 88.6 Å². The number of aromatic nitrogens is 1. The van der Waals surface area contributed by atoms with Crippen LogP contribution in [0.5, 0.6) is 11.5 Å². The van der Waals surface area contributed by atoms with Crippen molar-refractivity contribution in [2.24, 2.45) is 0 Å². The molecule has 4 aromatic rings. The molecule has 0 N–H and O–H groups in total. The van der Waals surface area contributed by atoms with E-state index in [0.29, 0.717) is 38.4 Å². The van der Waals surface area contributed by atoms with Crippen LogP contribution in [-0.4, -0.2) is 16.7 Å². The number of benzene rings is 3. The molecule has 0 aliphatic rings. The second-order valence-electron chi connectivity index (χ2n) is 6.86. The van der Waals surface area contributed by atoms with Gasteiger partial charge < -0.3 is 9.30 Å². The van der Waals surface area contributed by atoms with Crippen molar-refractivity contribution in [2.75, 3.05) is 0 Å². The van der Waals surface area contributed by atoms with E-state index in [1.165, 1.54) is 24.3 Å². The number of carbonyl (C=O) groups excluding carboxylic acids is 1. The molecule has 8 heteroatoms. The maximum absolute atomic E-state index is 13.3. The largest absolute Gasteiger partial charge is 0.573 e. The summed E-state index contributed by atoms with van der Waals surface area (Å²) in [4.78, 5) is 13.3. The zero-order valence-corrected chi connectivity index (χ0v) is 16.8. The molecule has 157 valence electrons. The van der Waals surface area contributed by atoms with Crippen LogP contribution in [0.4, 0.5) is 13.2 Å². The number of ketones is 1. The van der Waals surface area contributed by atoms with Crippen molar-refractivity contribution >= 4 is 28.3 Å². The first-order valence-electron chi connectivity index (χ1n) is 9.12.